The first kappa shape index (κ1) is 11.2. The largest absolute Gasteiger partial charge is 0.447 e. The van der Waals surface area contributed by atoms with Gasteiger partial charge in [-0.3, -0.25) is 15.0 Å². The Morgan fingerprint density at radius 2 is 2.29 bits per heavy atom. The summed E-state index contributed by atoms with van der Waals surface area (Å²) in [5.41, 5.74) is 0.814. The average molecular weight is 237 g/mol. The monoisotopic (exact) mass is 237 g/mol. The molecular weight excluding hydrogens is 226 g/mol. The lowest BCUT2D eigenvalue weighted by Crippen LogP contribution is -2.23. The molecule has 1 fully saturated rings. The van der Waals surface area contributed by atoms with Crippen molar-refractivity contribution >= 4 is 23.2 Å². The second-order valence-electron chi connectivity index (χ2n) is 3.47. The van der Waals surface area contributed by atoms with Crippen molar-refractivity contribution in [1.82, 2.24) is 0 Å². The quantitative estimate of drug-likeness (QED) is 0.637. The van der Waals surface area contributed by atoms with Crippen molar-refractivity contribution in [3.8, 4) is 0 Å². The second kappa shape index (κ2) is 4.28. The lowest BCUT2D eigenvalue weighted by molar-refractivity contribution is -0.383. The summed E-state index contributed by atoms with van der Waals surface area (Å²) in [5, 5.41) is 13.6. The van der Waals surface area contributed by atoms with E-state index in [0.29, 0.717) is 24.5 Å². The van der Waals surface area contributed by atoms with Crippen LogP contribution in [0.2, 0.25) is 0 Å². The molecule has 0 atom stereocenters. The van der Waals surface area contributed by atoms with Gasteiger partial charge in [-0.05, 0) is 12.1 Å². The maximum Gasteiger partial charge on any atom is 0.414 e. The van der Waals surface area contributed by atoms with Crippen molar-refractivity contribution in [2.45, 2.75) is 0 Å². The summed E-state index contributed by atoms with van der Waals surface area (Å²) in [6, 6.07) is 4.57. The van der Waals surface area contributed by atoms with Gasteiger partial charge in [0.2, 0.25) is 0 Å². The van der Waals surface area contributed by atoms with Crippen molar-refractivity contribution in [2.24, 2.45) is 0 Å². The van der Waals surface area contributed by atoms with Crippen molar-refractivity contribution in [3.05, 3.63) is 28.3 Å². The van der Waals surface area contributed by atoms with E-state index < -0.39 is 11.0 Å². The van der Waals surface area contributed by atoms with Crippen LogP contribution in [0.5, 0.6) is 0 Å². The maximum absolute atomic E-state index is 11.3. The molecule has 0 unspecified atom stereocenters. The van der Waals surface area contributed by atoms with Gasteiger partial charge in [-0.15, -0.1) is 0 Å². The van der Waals surface area contributed by atoms with Crippen molar-refractivity contribution < 1.29 is 14.5 Å². The van der Waals surface area contributed by atoms with Gasteiger partial charge < -0.3 is 10.1 Å². The number of cyclic esters (lactones) is 1. The molecule has 7 heteroatoms. The van der Waals surface area contributed by atoms with E-state index >= 15 is 0 Å². The summed E-state index contributed by atoms with van der Waals surface area (Å²) in [4.78, 5) is 23.1. The molecule has 0 aromatic heterocycles. The molecule has 0 bridgehead atoms. The van der Waals surface area contributed by atoms with Gasteiger partial charge in [-0.1, -0.05) is 0 Å². The van der Waals surface area contributed by atoms with E-state index in [4.69, 9.17) is 4.74 Å². The number of anilines is 2. The van der Waals surface area contributed by atoms with Crippen LogP contribution in [0.1, 0.15) is 0 Å². The molecule has 2 rings (SSSR count). The van der Waals surface area contributed by atoms with Gasteiger partial charge >= 0.3 is 6.09 Å². The van der Waals surface area contributed by atoms with E-state index in [1.165, 1.54) is 11.0 Å². The molecule has 0 saturated carbocycles. The van der Waals surface area contributed by atoms with Crippen LogP contribution < -0.4 is 10.2 Å². The minimum absolute atomic E-state index is 0.0651. The Morgan fingerprint density at radius 1 is 1.53 bits per heavy atom. The summed E-state index contributed by atoms with van der Waals surface area (Å²) < 4.78 is 4.78. The van der Waals surface area contributed by atoms with Gasteiger partial charge in [0.05, 0.1) is 17.2 Å². The van der Waals surface area contributed by atoms with Crippen molar-refractivity contribution in [3.63, 3.8) is 0 Å². The maximum atomic E-state index is 11.3. The van der Waals surface area contributed by atoms with Crippen LogP contribution in [-0.2, 0) is 4.74 Å². The topological polar surface area (TPSA) is 84.7 Å². The highest BCUT2D eigenvalue weighted by atomic mass is 16.6. The minimum Gasteiger partial charge on any atom is -0.447 e. The molecule has 1 aliphatic rings. The number of nitro groups is 1. The SMILES string of the molecule is CNc1ccc(N2CCOC2=O)cc1[N+](=O)[O-]. The molecule has 1 amide bonds. The number of hydrogen-bond donors (Lipinski definition) is 1. The highest BCUT2D eigenvalue weighted by Gasteiger charge is 2.25. The number of ether oxygens (including phenoxy) is 1. The Balaban J connectivity index is 2.40. The Kier molecular flexibility index (Phi) is 2.82. The van der Waals surface area contributed by atoms with Gasteiger partial charge in [-0.25, -0.2) is 4.79 Å². The van der Waals surface area contributed by atoms with E-state index in [1.54, 1.807) is 19.2 Å². The summed E-state index contributed by atoms with van der Waals surface area (Å²) in [6.45, 7) is 0.718. The molecule has 1 aromatic rings. The van der Waals surface area contributed by atoms with Crippen molar-refractivity contribution in [2.75, 3.05) is 30.4 Å². The Morgan fingerprint density at radius 3 is 2.82 bits per heavy atom. The van der Waals surface area contributed by atoms with E-state index in [-0.39, 0.29) is 5.69 Å². The summed E-state index contributed by atoms with van der Waals surface area (Å²) in [5.74, 6) is 0. The first-order valence-electron chi connectivity index (χ1n) is 5.04. The van der Waals surface area contributed by atoms with E-state index in [9.17, 15) is 14.9 Å². The number of nitrogens with zero attached hydrogens (tertiary/aromatic N) is 2. The average Bonchev–Trinajstić information content (AvgIpc) is 2.74. The lowest BCUT2D eigenvalue weighted by Gasteiger charge is -2.13. The van der Waals surface area contributed by atoms with Gasteiger partial charge in [0.25, 0.3) is 5.69 Å². The molecule has 0 aliphatic carbocycles. The fraction of sp³-hybridized carbons (Fsp3) is 0.300. The molecule has 0 radical (unpaired) electrons. The number of nitro benzene ring substituents is 1. The van der Waals surface area contributed by atoms with Crippen molar-refractivity contribution in [1.29, 1.82) is 0 Å². The van der Waals surface area contributed by atoms with Crippen LogP contribution in [0.3, 0.4) is 0 Å². The van der Waals surface area contributed by atoms with Gasteiger partial charge in [0.15, 0.2) is 0 Å². The third-order valence-corrected chi connectivity index (χ3v) is 2.52. The Hall–Kier alpha value is -2.31. The van der Waals surface area contributed by atoms with Crippen LogP contribution in [0.15, 0.2) is 18.2 Å². The molecule has 1 N–H and O–H groups in total. The van der Waals surface area contributed by atoms with Gasteiger partial charge in [0.1, 0.15) is 12.3 Å². The highest BCUT2D eigenvalue weighted by molar-refractivity contribution is 5.90. The predicted molar refractivity (Wildman–Crippen MR) is 61.3 cm³/mol. The number of hydrogen-bond acceptors (Lipinski definition) is 5. The third-order valence-electron chi connectivity index (χ3n) is 2.52. The molecule has 90 valence electrons. The van der Waals surface area contributed by atoms with E-state index in [0.717, 1.165) is 0 Å². The van der Waals surface area contributed by atoms with Gasteiger partial charge in [0, 0.05) is 13.1 Å². The van der Waals surface area contributed by atoms with Crippen LogP contribution in [0.4, 0.5) is 21.9 Å². The molecule has 1 saturated heterocycles. The van der Waals surface area contributed by atoms with Gasteiger partial charge in [-0.2, -0.15) is 0 Å². The number of benzene rings is 1. The zero-order chi connectivity index (χ0) is 12.4. The molecule has 1 heterocycles. The molecule has 17 heavy (non-hydrogen) atoms. The number of carbonyl (C=O) groups excluding carboxylic acids is 1. The lowest BCUT2D eigenvalue weighted by atomic mass is 10.2. The molecule has 7 nitrogen and oxygen atoms in total. The fourth-order valence-electron chi connectivity index (χ4n) is 1.68. The second-order valence-corrected chi connectivity index (χ2v) is 3.47. The zero-order valence-electron chi connectivity index (χ0n) is 9.17. The fourth-order valence-corrected chi connectivity index (χ4v) is 1.68. The smallest absolute Gasteiger partial charge is 0.414 e. The number of nitrogens with one attached hydrogen (secondary N) is 1. The van der Waals surface area contributed by atoms with Crippen LogP contribution in [-0.4, -0.2) is 31.2 Å². The zero-order valence-corrected chi connectivity index (χ0v) is 9.17. The number of carbonyl (C=O) groups is 1. The van der Waals surface area contributed by atoms with E-state index in [1.807, 2.05) is 0 Å². The highest BCUT2D eigenvalue weighted by Crippen LogP contribution is 2.30. The predicted octanol–water partition coefficient (Wildman–Crippen LogP) is 1.59. The number of rotatable bonds is 3. The third kappa shape index (κ3) is 1.99. The first-order chi connectivity index (χ1) is 8.13. The standard InChI is InChI=1S/C10H11N3O4/c1-11-8-3-2-7(6-9(8)13(15)16)12-4-5-17-10(12)14/h2-3,6,11H,4-5H2,1H3. The van der Waals surface area contributed by atoms with Crippen LogP contribution in [0, 0.1) is 10.1 Å². The van der Waals surface area contributed by atoms with E-state index in [2.05, 4.69) is 5.32 Å². The summed E-state index contributed by atoms with van der Waals surface area (Å²) in [6.07, 6.45) is -0.475. The normalized spacial score (nSPS) is 14.6. The first-order valence-corrected chi connectivity index (χ1v) is 5.04. The summed E-state index contributed by atoms with van der Waals surface area (Å²) in [7, 11) is 1.60. The molecular formula is C10H11N3O4. The molecule has 1 aliphatic heterocycles. The number of amides is 1. The minimum atomic E-state index is -0.489. The Labute approximate surface area is 97.1 Å². The van der Waals surface area contributed by atoms with Crippen LogP contribution >= 0.6 is 0 Å². The summed E-state index contributed by atoms with van der Waals surface area (Å²) >= 11 is 0. The molecule has 0 spiro atoms. The van der Waals surface area contributed by atoms with Crippen LogP contribution in [0.25, 0.3) is 0 Å². The molecule has 1 aromatic carbocycles. The Bertz CT molecular complexity index is 475.